The maximum atomic E-state index is 5.77. The van der Waals surface area contributed by atoms with Crippen LogP contribution in [-0.2, 0) is 0 Å². The maximum absolute atomic E-state index is 5.77. The zero-order valence-corrected chi connectivity index (χ0v) is 11.2. The van der Waals surface area contributed by atoms with Gasteiger partial charge < -0.3 is 11.1 Å². The first kappa shape index (κ1) is 12.6. The standard InChI is InChI=1S/C12H21N7/c1-7-10(13)15-6-9(16-7)12-17-11(18-19-12)8-2-4-14-5-3-8/h7-9,14,16H,2-6H2,1H3,(H2,13,15)(H,17,18,19). The van der Waals surface area contributed by atoms with Crippen LogP contribution in [0.1, 0.15) is 43.4 Å². The molecule has 5 N–H and O–H groups in total. The van der Waals surface area contributed by atoms with Crippen molar-refractivity contribution in [1.82, 2.24) is 25.8 Å². The van der Waals surface area contributed by atoms with Crippen LogP contribution in [0.4, 0.5) is 0 Å². The van der Waals surface area contributed by atoms with Crippen LogP contribution in [0.2, 0.25) is 0 Å². The van der Waals surface area contributed by atoms with Crippen LogP contribution in [0.5, 0.6) is 0 Å². The second kappa shape index (κ2) is 5.26. The quantitative estimate of drug-likeness (QED) is 0.584. The number of piperidine rings is 1. The minimum Gasteiger partial charge on any atom is -0.386 e. The van der Waals surface area contributed by atoms with E-state index in [0.29, 0.717) is 18.3 Å². The van der Waals surface area contributed by atoms with Gasteiger partial charge >= 0.3 is 0 Å². The summed E-state index contributed by atoms with van der Waals surface area (Å²) in [5.74, 6) is 2.94. The number of aliphatic imine (C=N–C) groups is 1. The molecule has 1 fully saturated rings. The van der Waals surface area contributed by atoms with Crippen LogP contribution in [-0.4, -0.2) is 46.7 Å². The summed E-state index contributed by atoms with van der Waals surface area (Å²) in [6, 6.07) is 0.177. The van der Waals surface area contributed by atoms with E-state index < -0.39 is 0 Å². The molecule has 0 aromatic carbocycles. The summed E-state index contributed by atoms with van der Waals surface area (Å²) in [4.78, 5) is 8.97. The first-order chi connectivity index (χ1) is 9.24. The van der Waals surface area contributed by atoms with Gasteiger partial charge in [0, 0.05) is 5.92 Å². The Morgan fingerprint density at radius 1 is 1.26 bits per heavy atom. The molecule has 2 aliphatic heterocycles. The van der Waals surface area contributed by atoms with Crippen LogP contribution in [0.15, 0.2) is 4.99 Å². The lowest BCUT2D eigenvalue weighted by Crippen LogP contribution is -2.46. The summed E-state index contributed by atoms with van der Waals surface area (Å²) < 4.78 is 0. The van der Waals surface area contributed by atoms with Gasteiger partial charge in [0.15, 0.2) is 5.82 Å². The molecule has 0 aliphatic carbocycles. The molecule has 104 valence electrons. The Morgan fingerprint density at radius 2 is 2.05 bits per heavy atom. The fraction of sp³-hybridized carbons (Fsp3) is 0.750. The Labute approximate surface area is 112 Å². The third-order valence-electron chi connectivity index (χ3n) is 3.91. The van der Waals surface area contributed by atoms with Gasteiger partial charge in [-0.25, -0.2) is 4.98 Å². The van der Waals surface area contributed by atoms with Crippen molar-refractivity contribution >= 4 is 5.84 Å². The highest BCUT2D eigenvalue weighted by Gasteiger charge is 2.25. The smallest absolute Gasteiger partial charge is 0.153 e. The molecule has 0 bridgehead atoms. The molecule has 1 aromatic rings. The van der Waals surface area contributed by atoms with Gasteiger partial charge in [-0.3, -0.25) is 15.4 Å². The third-order valence-corrected chi connectivity index (χ3v) is 3.91. The Bertz CT molecular complexity index is 460. The number of hydrogen-bond acceptors (Lipinski definition) is 6. The molecular weight excluding hydrogens is 242 g/mol. The van der Waals surface area contributed by atoms with Crippen LogP contribution < -0.4 is 16.4 Å². The first-order valence-corrected chi connectivity index (χ1v) is 6.93. The zero-order valence-electron chi connectivity index (χ0n) is 11.2. The molecule has 1 aromatic heterocycles. The number of H-pyrrole nitrogens is 1. The van der Waals surface area contributed by atoms with Crippen molar-refractivity contribution in [1.29, 1.82) is 0 Å². The van der Waals surface area contributed by atoms with E-state index in [1.807, 2.05) is 6.92 Å². The van der Waals surface area contributed by atoms with Gasteiger partial charge in [0.05, 0.1) is 18.6 Å². The molecule has 3 heterocycles. The van der Waals surface area contributed by atoms with Crippen molar-refractivity contribution in [3.05, 3.63) is 11.6 Å². The lowest BCUT2D eigenvalue weighted by molar-refractivity contribution is 0.444. The number of hydrogen-bond donors (Lipinski definition) is 4. The SMILES string of the molecule is CC1NC(c2nc(C3CCNCC3)n[nH]2)CN=C1N. The number of nitrogens with zero attached hydrogens (tertiary/aromatic N) is 3. The van der Waals surface area contributed by atoms with Gasteiger partial charge in [-0.15, -0.1) is 0 Å². The average Bonchev–Trinajstić information content (AvgIpc) is 2.93. The molecule has 2 unspecified atom stereocenters. The monoisotopic (exact) mass is 263 g/mol. The largest absolute Gasteiger partial charge is 0.386 e. The van der Waals surface area contributed by atoms with Gasteiger partial charge in [-0.05, 0) is 32.9 Å². The summed E-state index contributed by atoms with van der Waals surface area (Å²) in [7, 11) is 0. The van der Waals surface area contributed by atoms with Gasteiger partial charge in [0.25, 0.3) is 0 Å². The highest BCUT2D eigenvalue weighted by molar-refractivity contribution is 5.86. The minimum absolute atomic E-state index is 0.0882. The summed E-state index contributed by atoms with van der Waals surface area (Å²) >= 11 is 0. The number of rotatable bonds is 2. The lowest BCUT2D eigenvalue weighted by atomic mass is 9.98. The minimum atomic E-state index is 0.0882. The zero-order chi connectivity index (χ0) is 13.2. The second-order valence-corrected chi connectivity index (χ2v) is 5.31. The van der Waals surface area contributed by atoms with Crippen molar-refractivity contribution in [3.8, 4) is 0 Å². The Morgan fingerprint density at radius 3 is 2.79 bits per heavy atom. The number of amidine groups is 1. The molecule has 0 amide bonds. The van der Waals surface area contributed by atoms with Crippen molar-refractivity contribution in [2.45, 2.75) is 37.8 Å². The van der Waals surface area contributed by atoms with Crippen molar-refractivity contribution in [3.63, 3.8) is 0 Å². The van der Waals surface area contributed by atoms with Crippen molar-refractivity contribution in [2.75, 3.05) is 19.6 Å². The Hall–Kier alpha value is -1.47. The fourth-order valence-electron chi connectivity index (χ4n) is 2.65. The number of nitrogens with two attached hydrogens (primary N) is 1. The molecule has 2 aliphatic rings. The van der Waals surface area contributed by atoms with E-state index in [1.165, 1.54) is 0 Å². The topological polar surface area (TPSA) is 104 Å². The highest BCUT2D eigenvalue weighted by Crippen LogP contribution is 2.23. The molecule has 19 heavy (non-hydrogen) atoms. The molecular formula is C12H21N7. The Kier molecular flexibility index (Phi) is 3.48. The summed E-state index contributed by atoms with van der Waals surface area (Å²) in [5.41, 5.74) is 5.77. The molecule has 3 rings (SSSR count). The van der Waals surface area contributed by atoms with Gasteiger partial charge in [-0.2, -0.15) is 5.10 Å². The molecule has 2 atom stereocenters. The number of nitrogens with one attached hydrogen (secondary N) is 3. The van der Waals surface area contributed by atoms with E-state index in [2.05, 4.69) is 30.8 Å². The van der Waals surface area contributed by atoms with E-state index in [-0.39, 0.29) is 12.1 Å². The van der Waals surface area contributed by atoms with Crippen molar-refractivity contribution < 1.29 is 0 Å². The van der Waals surface area contributed by atoms with E-state index in [4.69, 9.17) is 5.73 Å². The van der Waals surface area contributed by atoms with E-state index >= 15 is 0 Å². The molecule has 7 nitrogen and oxygen atoms in total. The van der Waals surface area contributed by atoms with Crippen LogP contribution in [0.25, 0.3) is 0 Å². The van der Waals surface area contributed by atoms with E-state index in [1.54, 1.807) is 0 Å². The fourth-order valence-corrected chi connectivity index (χ4v) is 2.65. The van der Waals surface area contributed by atoms with Gasteiger partial charge in [0.2, 0.25) is 0 Å². The van der Waals surface area contributed by atoms with E-state index in [0.717, 1.165) is 37.6 Å². The van der Waals surface area contributed by atoms with Crippen molar-refractivity contribution in [2.24, 2.45) is 10.7 Å². The highest BCUT2D eigenvalue weighted by atomic mass is 15.3. The molecule has 1 saturated heterocycles. The summed E-state index contributed by atoms with van der Waals surface area (Å²) in [5, 5.41) is 14.2. The second-order valence-electron chi connectivity index (χ2n) is 5.31. The summed E-state index contributed by atoms with van der Waals surface area (Å²) in [6.07, 6.45) is 2.22. The number of aromatic amines is 1. The molecule has 7 heteroatoms. The Balaban J connectivity index is 1.71. The van der Waals surface area contributed by atoms with Crippen LogP contribution >= 0.6 is 0 Å². The summed E-state index contributed by atoms with van der Waals surface area (Å²) in [6.45, 7) is 4.73. The van der Waals surface area contributed by atoms with Crippen LogP contribution in [0.3, 0.4) is 0 Å². The predicted octanol–water partition coefficient (Wildman–Crippen LogP) is -0.338. The molecule has 0 saturated carbocycles. The van der Waals surface area contributed by atoms with Crippen LogP contribution in [0, 0.1) is 0 Å². The predicted molar refractivity (Wildman–Crippen MR) is 73.1 cm³/mol. The normalized spacial score (nSPS) is 29.2. The van der Waals surface area contributed by atoms with Gasteiger partial charge in [-0.1, -0.05) is 0 Å². The molecule has 0 radical (unpaired) electrons. The number of aromatic nitrogens is 3. The third kappa shape index (κ3) is 2.62. The average molecular weight is 263 g/mol. The van der Waals surface area contributed by atoms with Gasteiger partial charge in [0.1, 0.15) is 11.7 Å². The first-order valence-electron chi connectivity index (χ1n) is 6.93. The maximum Gasteiger partial charge on any atom is 0.153 e. The lowest BCUT2D eigenvalue weighted by Gasteiger charge is -2.25. The molecule has 0 spiro atoms. The van der Waals surface area contributed by atoms with E-state index in [9.17, 15) is 0 Å².